The number of amides is 1. The van der Waals surface area contributed by atoms with Crippen LogP contribution < -0.4 is 5.32 Å². The standard InChI is InChI=1S/C3H7NO.C2H2N2O/c1-3(5)4-2;1-2-4-5-3-1/h1-2H3,(H,4,5);1-2H. The molecular weight excluding hydrogens is 134 g/mol. The summed E-state index contributed by atoms with van der Waals surface area (Å²) in [5.74, 6) is 0.00463. The van der Waals surface area contributed by atoms with E-state index in [4.69, 9.17) is 0 Å². The second-order valence-corrected chi connectivity index (χ2v) is 1.40. The Bertz CT molecular complexity index is 144. The number of hydrogen-bond donors (Lipinski definition) is 1. The molecule has 1 rings (SSSR count). The number of hydrogen-bond acceptors (Lipinski definition) is 4. The van der Waals surface area contributed by atoms with Crippen LogP contribution in [-0.4, -0.2) is 23.3 Å². The first kappa shape index (κ1) is 8.61. The normalized spacial score (nSPS) is 7.40. The fraction of sp³-hybridized carbons (Fsp3) is 0.400. The van der Waals surface area contributed by atoms with Crippen molar-refractivity contribution in [2.75, 3.05) is 7.05 Å². The predicted molar refractivity (Wildman–Crippen MR) is 34.0 cm³/mol. The Kier molecular flexibility index (Phi) is 4.94. The molecule has 0 saturated carbocycles. The Morgan fingerprint density at radius 1 is 1.50 bits per heavy atom. The highest BCUT2D eigenvalue weighted by atomic mass is 16.6. The topological polar surface area (TPSA) is 68.0 Å². The van der Waals surface area contributed by atoms with Crippen molar-refractivity contribution >= 4 is 5.91 Å². The molecule has 1 aromatic rings. The van der Waals surface area contributed by atoms with Gasteiger partial charge in [-0.25, -0.2) is 4.63 Å². The van der Waals surface area contributed by atoms with Crippen LogP contribution in [0.5, 0.6) is 0 Å². The van der Waals surface area contributed by atoms with Gasteiger partial charge in [0.2, 0.25) is 5.91 Å². The van der Waals surface area contributed by atoms with Crippen LogP contribution in [-0.2, 0) is 4.79 Å². The summed E-state index contributed by atoms with van der Waals surface area (Å²) in [5, 5.41) is 8.86. The van der Waals surface area contributed by atoms with Gasteiger partial charge in [0.1, 0.15) is 0 Å². The average Bonchev–Trinajstić information content (AvgIpc) is 2.43. The molecule has 0 fully saturated rings. The lowest BCUT2D eigenvalue weighted by molar-refractivity contribution is -0.118. The third-order valence-corrected chi connectivity index (χ3v) is 0.635. The minimum absolute atomic E-state index is 0.00463. The monoisotopic (exact) mass is 143 g/mol. The summed E-state index contributed by atoms with van der Waals surface area (Å²) in [6.45, 7) is 1.47. The zero-order valence-corrected chi connectivity index (χ0v) is 5.87. The molecule has 0 saturated heterocycles. The smallest absolute Gasteiger partial charge is 0.216 e. The third kappa shape index (κ3) is 6.61. The largest absolute Gasteiger partial charge is 0.359 e. The Morgan fingerprint density at radius 2 is 1.90 bits per heavy atom. The van der Waals surface area contributed by atoms with E-state index in [9.17, 15) is 4.79 Å². The van der Waals surface area contributed by atoms with Crippen molar-refractivity contribution in [1.82, 2.24) is 15.6 Å². The summed E-state index contributed by atoms with van der Waals surface area (Å²) >= 11 is 0. The molecule has 5 heteroatoms. The first-order valence-corrected chi connectivity index (χ1v) is 2.67. The molecule has 56 valence electrons. The molecule has 1 aromatic heterocycles. The number of carbonyl (C=O) groups excluding carboxylic acids is 1. The Hall–Kier alpha value is -1.39. The molecule has 0 aliphatic carbocycles. The van der Waals surface area contributed by atoms with Crippen molar-refractivity contribution in [3.8, 4) is 0 Å². The van der Waals surface area contributed by atoms with E-state index < -0.39 is 0 Å². The second kappa shape index (κ2) is 5.74. The lowest BCUT2D eigenvalue weighted by atomic mass is 10.7. The van der Waals surface area contributed by atoms with Gasteiger partial charge in [-0.15, -0.1) is 0 Å². The second-order valence-electron chi connectivity index (χ2n) is 1.40. The highest BCUT2D eigenvalue weighted by Gasteiger charge is 1.72. The Balaban J connectivity index is 0.000000162. The molecule has 10 heavy (non-hydrogen) atoms. The maximum Gasteiger partial charge on any atom is 0.216 e. The van der Waals surface area contributed by atoms with Gasteiger partial charge in [-0.3, -0.25) is 4.79 Å². The maximum atomic E-state index is 9.70. The fourth-order valence-electron chi connectivity index (χ4n) is 0.136. The number of nitrogens with one attached hydrogen (secondary N) is 1. The molecular formula is C5H9N3O2. The lowest BCUT2D eigenvalue weighted by Gasteiger charge is -1.80. The van der Waals surface area contributed by atoms with E-state index in [0.29, 0.717) is 0 Å². The molecule has 0 radical (unpaired) electrons. The van der Waals surface area contributed by atoms with Crippen LogP contribution in [0.2, 0.25) is 0 Å². The Morgan fingerprint density at radius 3 is 2.00 bits per heavy atom. The van der Waals surface area contributed by atoms with E-state index in [1.54, 1.807) is 7.05 Å². The van der Waals surface area contributed by atoms with E-state index in [2.05, 4.69) is 20.3 Å². The van der Waals surface area contributed by atoms with E-state index in [1.807, 2.05) is 0 Å². The van der Waals surface area contributed by atoms with Gasteiger partial charge in [-0.05, 0) is 0 Å². The Labute approximate surface area is 58.4 Å². The van der Waals surface area contributed by atoms with Gasteiger partial charge in [-0.2, -0.15) is 0 Å². The summed E-state index contributed by atoms with van der Waals surface area (Å²) in [6, 6.07) is 0. The maximum absolute atomic E-state index is 9.70. The summed E-state index contributed by atoms with van der Waals surface area (Å²) in [7, 11) is 1.60. The van der Waals surface area contributed by atoms with Crippen LogP contribution in [0.15, 0.2) is 17.0 Å². The highest BCUT2D eigenvalue weighted by Crippen LogP contribution is 1.62. The minimum Gasteiger partial charge on any atom is -0.359 e. The van der Waals surface area contributed by atoms with E-state index >= 15 is 0 Å². The fourth-order valence-corrected chi connectivity index (χ4v) is 0.136. The van der Waals surface area contributed by atoms with Gasteiger partial charge < -0.3 is 5.32 Å². The number of carbonyl (C=O) groups is 1. The van der Waals surface area contributed by atoms with Gasteiger partial charge in [0, 0.05) is 14.0 Å². The molecule has 0 unspecified atom stereocenters. The molecule has 0 atom stereocenters. The average molecular weight is 143 g/mol. The van der Waals surface area contributed by atoms with Gasteiger partial charge in [-0.1, -0.05) is 10.3 Å². The van der Waals surface area contributed by atoms with Gasteiger partial charge in [0.25, 0.3) is 0 Å². The molecule has 0 bridgehead atoms. The molecule has 0 spiro atoms. The van der Waals surface area contributed by atoms with Gasteiger partial charge in [0.05, 0.1) is 12.4 Å². The summed E-state index contributed by atoms with van der Waals surface area (Å²) in [6.07, 6.45) is 2.94. The van der Waals surface area contributed by atoms with Crippen molar-refractivity contribution in [3.05, 3.63) is 12.4 Å². The van der Waals surface area contributed by atoms with Crippen molar-refractivity contribution in [2.45, 2.75) is 6.92 Å². The lowest BCUT2D eigenvalue weighted by Crippen LogP contribution is -2.11. The summed E-state index contributed by atoms with van der Waals surface area (Å²) < 4.78 is 4.08. The van der Waals surface area contributed by atoms with Crippen molar-refractivity contribution in [1.29, 1.82) is 0 Å². The van der Waals surface area contributed by atoms with Crippen molar-refractivity contribution in [2.24, 2.45) is 0 Å². The first-order chi connectivity index (χ1) is 4.77. The molecule has 1 amide bonds. The highest BCUT2D eigenvalue weighted by molar-refractivity contribution is 5.72. The number of rotatable bonds is 0. The van der Waals surface area contributed by atoms with Gasteiger partial charge >= 0.3 is 0 Å². The van der Waals surface area contributed by atoms with Gasteiger partial charge in [0.15, 0.2) is 0 Å². The summed E-state index contributed by atoms with van der Waals surface area (Å²) in [5.41, 5.74) is 0. The van der Waals surface area contributed by atoms with Crippen LogP contribution in [0.1, 0.15) is 6.92 Å². The zero-order chi connectivity index (χ0) is 7.82. The molecule has 1 N–H and O–H groups in total. The van der Waals surface area contributed by atoms with E-state index in [1.165, 1.54) is 19.3 Å². The molecule has 0 aliphatic rings. The molecule has 5 nitrogen and oxygen atoms in total. The van der Waals surface area contributed by atoms with Crippen LogP contribution in [0.3, 0.4) is 0 Å². The van der Waals surface area contributed by atoms with Crippen LogP contribution in [0.4, 0.5) is 0 Å². The number of aromatic nitrogens is 2. The van der Waals surface area contributed by atoms with Crippen LogP contribution in [0, 0.1) is 0 Å². The van der Waals surface area contributed by atoms with Crippen molar-refractivity contribution < 1.29 is 9.42 Å². The zero-order valence-electron chi connectivity index (χ0n) is 5.87. The first-order valence-electron chi connectivity index (χ1n) is 2.67. The molecule has 0 aromatic carbocycles. The molecule has 1 heterocycles. The van der Waals surface area contributed by atoms with Crippen LogP contribution in [0.25, 0.3) is 0 Å². The minimum atomic E-state index is 0.00463. The number of nitrogens with zero attached hydrogens (tertiary/aromatic N) is 2. The van der Waals surface area contributed by atoms with E-state index in [-0.39, 0.29) is 5.91 Å². The SMILES string of the molecule is CNC(C)=O.c1cnon1. The summed E-state index contributed by atoms with van der Waals surface area (Å²) in [4.78, 5) is 9.70. The third-order valence-electron chi connectivity index (χ3n) is 0.635. The van der Waals surface area contributed by atoms with E-state index in [0.717, 1.165) is 0 Å². The van der Waals surface area contributed by atoms with Crippen LogP contribution >= 0.6 is 0 Å². The quantitative estimate of drug-likeness (QED) is 0.547. The predicted octanol–water partition coefficient (Wildman–Crippen LogP) is -0.178. The van der Waals surface area contributed by atoms with Crippen molar-refractivity contribution in [3.63, 3.8) is 0 Å². The molecule has 0 aliphatic heterocycles.